The summed E-state index contributed by atoms with van der Waals surface area (Å²) in [5.74, 6) is -2.06. The number of hydrogen-bond donors (Lipinski definition) is 4. The van der Waals surface area contributed by atoms with Crippen LogP contribution in [0.2, 0.25) is 0 Å². The SMILES string of the molecule is CCC(C)C(NC(=O)C(N)CC(C)C)C(=O)N1CCCC1C(=O)NC(CC(C)C)C(=O)O. The lowest BCUT2D eigenvalue weighted by molar-refractivity contribution is -0.145. The van der Waals surface area contributed by atoms with Crippen LogP contribution in [0.1, 0.15) is 73.6 Å². The Balaban J connectivity index is 2.97. The lowest BCUT2D eigenvalue weighted by Crippen LogP contribution is -2.58. The molecule has 1 heterocycles. The Labute approximate surface area is 191 Å². The van der Waals surface area contributed by atoms with Gasteiger partial charge in [0.15, 0.2) is 0 Å². The van der Waals surface area contributed by atoms with E-state index in [0.717, 1.165) is 0 Å². The van der Waals surface area contributed by atoms with Crippen molar-refractivity contribution in [2.24, 2.45) is 23.5 Å². The molecule has 1 fully saturated rings. The highest BCUT2D eigenvalue weighted by Crippen LogP contribution is 2.22. The van der Waals surface area contributed by atoms with Crippen LogP contribution in [0.15, 0.2) is 0 Å². The number of nitrogens with one attached hydrogen (secondary N) is 2. The fraction of sp³-hybridized carbons (Fsp3) is 0.826. The Morgan fingerprint density at radius 2 is 1.62 bits per heavy atom. The second-order valence-electron chi connectivity index (χ2n) is 9.83. The van der Waals surface area contributed by atoms with Crippen molar-refractivity contribution < 1.29 is 24.3 Å². The number of aliphatic carboxylic acids is 1. The zero-order valence-corrected chi connectivity index (χ0v) is 20.4. The van der Waals surface area contributed by atoms with E-state index in [4.69, 9.17) is 5.73 Å². The Morgan fingerprint density at radius 1 is 1.03 bits per heavy atom. The third-order valence-corrected chi connectivity index (χ3v) is 6.00. The summed E-state index contributed by atoms with van der Waals surface area (Å²) >= 11 is 0. The number of carbonyl (C=O) groups is 4. The first-order chi connectivity index (χ1) is 14.9. The fourth-order valence-electron chi connectivity index (χ4n) is 4.00. The molecule has 1 saturated heterocycles. The van der Waals surface area contributed by atoms with E-state index in [1.165, 1.54) is 4.90 Å². The average molecular weight is 455 g/mol. The van der Waals surface area contributed by atoms with E-state index in [9.17, 15) is 24.3 Å². The maximum atomic E-state index is 13.4. The minimum Gasteiger partial charge on any atom is -0.480 e. The maximum Gasteiger partial charge on any atom is 0.326 e. The van der Waals surface area contributed by atoms with Crippen molar-refractivity contribution in [1.29, 1.82) is 0 Å². The van der Waals surface area contributed by atoms with Crippen LogP contribution < -0.4 is 16.4 Å². The number of amides is 3. The molecule has 0 aromatic rings. The summed E-state index contributed by atoms with van der Waals surface area (Å²) < 4.78 is 0. The molecule has 32 heavy (non-hydrogen) atoms. The van der Waals surface area contributed by atoms with E-state index >= 15 is 0 Å². The standard InChI is InChI=1S/C23H42N4O5/c1-7-15(6)19(26-20(28)16(24)11-13(2)3)22(30)27-10-8-9-18(27)21(29)25-17(23(31)32)12-14(4)5/h13-19H,7-12,24H2,1-6H3,(H,25,29)(H,26,28)(H,31,32). The average Bonchev–Trinajstić information content (AvgIpc) is 3.19. The molecule has 5 N–H and O–H groups in total. The second kappa shape index (κ2) is 12.8. The summed E-state index contributed by atoms with van der Waals surface area (Å²) in [4.78, 5) is 51.9. The van der Waals surface area contributed by atoms with Crippen molar-refractivity contribution in [3.05, 3.63) is 0 Å². The third kappa shape index (κ3) is 8.07. The molecular formula is C23H42N4O5. The first-order valence-corrected chi connectivity index (χ1v) is 11.8. The number of hydrogen-bond acceptors (Lipinski definition) is 5. The van der Waals surface area contributed by atoms with Crippen LogP contribution in [-0.4, -0.2) is 64.4 Å². The van der Waals surface area contributed by atoms with Gasteiger partial charge in [-0.1, -0.05) is 48.0 Å². The smallest absolute Gasteiger partial charge is 0.326 e. The minimum absolute atomic E-state index is 0.0951. The normalized spacial score (nSPS) is 20.0. The number of rotatable bonds is 12. The lowest BCUT2D eigenvalue weighted by atomic mass is 9.96. The molecule has 0 aromatic heterocycles. The highest BCUT2D eigenvalue weighted by Gasteiger charge is 2.40. The van der Waals surface area contributed by atoms with E-state index in [0.29, 0.717) is 38.6 Å². The highest BCUT2D eigenvalue weighted by atomic mass is 16.4. The first-order valence-electron chi connectivity index (χ1n) is 11.8. The van der Waals surface area contributed by atoms with Crippen molar-refractivity contribution in [3.63, 3.8) is 0 Å². The molecule has 0 aromatic carbocycles. The molecule has 0 aliphatic carbocycles. The molecule has 1 aliphatic heterocycles. The Kier molecular flexibility index (Phi) is 11.1. The van der Waals surface area contributed by atoms with Crippen LogP contribution in [0.4, 0.5) is 0 Å². The molecule has 9 nitrogen and oxygen atoms in total. The van der Waals surface area contributed by atoms with Crippen molar-refractivity contribution >= 4 is 23.7 Å². The van der Waals surface area contributed by atoms with Gasteiger partial charge in [0.2, 0.25) is 17.7 Å². The van der Waals surface area contributed by atoms with Crippen LogP contribution in [0.3, 0.4) is 0 Å². The van der Waals surface area contributed by atoms with Crippen LogP contribution in [0.25, 0.3) is 0 Å². The number of carboxylic acid groups (broad SMARTS) is 1. The fourth-order valence-corrected chi connectivity index (χ4v) is 4.00. The van der Waals surface area contributed by atoms with E-state index in [1.807, 2.05) is 41.5 Å². The predicted octanol–water partition coefficient (Wildman–Crippen LogP) is 1.50. The van der Waals surface area contributed by atoms with Gasteiger partial charge in [0, 0.05) is 6.54 Å². The van der Waals surface area contributed by atoms with Crippen LogP contribution >= 0.6 is 0 Å². The summed E-state index contributed by atoms with van der Waals surface area (Å²) in [6.07, 6.45) is 2.57. The molecule has 0 bridgehead atoms. The number of carboxylic acids is 1. The molecule has 184 valence electrons. The van der Waals surface area contributed by atoms with Gasteiger partial charge < -0.3 is 26.4 Å². The van der Waals surface area contributed by atoms with Crippen LogP contribution in [-0.2, 0) is 19.2 Å². The topological polar surface area (TPSA) is 142 Å². The van der Waals surface area contributed by atoms with Gasteiger partial charge in [-0.25, -0.2) is 4.79 Å². The Bertz CT molecular complexity index is 667. The molecule has 5 unspecified atom stereocenters. The molecule has 1 aliphatic rings. The van der Waals surface area contributed by atoms with Crippen molar-refractivity contribution in [3.8, 4) is 0 Å². The van der Waals surface area contributed by atoms with Crippen molar-refractivity contribution in [2.45, 2.75) is 97.8 Å². The molecular weight excluding hydrogens is 412 g/mol. The third-order valence-electron chi connectivity index (χ3n) is 6.00. The van der Waals surface area contributed by atoms with E-state index in [2.05, 4.69) is 10.6 Å². The number of carbonyl (C=O) groups excluding carboxylic acids is 3. The summed E-state index contributed by atoms with van der Waals surface area (Å²) in [5, 5.41) is 14.9. The van der Waals surface area contributed by atoms with Gasteiger partial charge in [-0.15, -0.1) is 0 Å². The zero-order valence-electron chi connectivity index (χ0n) is 20.4. The van der Waals surface area contributed by atoms with Gasteiger partial charge in [0.05, 0.1) is 6.04 Å². The molecule has 5 atom stereocenters. The van der Waals surface area contributed by atoms with E-state index in [-0.39, 0.29) is 29.6 Å². The van der Waals surface area contributed by atoms with Gasteiger partial charge in [0.25, 0.3) is 0 Å². The first kappa shape index (κ1) is 27.9. The van der Waals surface area contributed by atoms with Gasteiger partial charge in [-0.05, 0) is 43.4 Å². The van der Waals surface area contributed by atoms with Gasteiger partial charge in [-0.3, -0.25) is 14.4 Å². The Morgan fingerprint density at radius 3 is 2.12 bits per heavy atom. The van der Waals surface area contributed by atoms with Crippen molar-refractivity contribution in [1.82, 2.24) is 15.5 Å². The highest BCUT2D eigenvalue weighted by molar-refractivity contribution is 5.94. The largest absolute Gasteiger partial charge is 0.480 e. The number of likely N-dealkylation sites (tertiary alicyclic amines) is 1. The van der Waals surface area contributed by atoms with Gasteiger partial charge in [-0.2, -0.15) is 0 Å². The van der Waals surface area contributed by atoms with Gasteiger partial charge >= 0.3 is 5.97 Å². The predicted molar refractivity (Wildman–Crippen MR) is 123 cm³/mol. The number of nitrogens with zero attached hydrogens (tertiary/aromatic N) is 1. The molecule has 3 amide bonds. The molecule has 1 rings (SSSR count). The maximum absolute atomic E-state index is 13.4. The minimum atomic E-state index is -1.09. The van der Waals surface area contributed by atoms with Crippen LogP contribution in [0, 0.1) is 17.8 Å². The molecule has 0 radical (unpaired) electrons. The van der Waals surface area contributed by atoms with E-state index < -0.39 is 36.0 Å². The van der Waals surface area contributed by atoms with Crippen molar-refractivity contribution in [2.75, 3.05) is 6.54 Å². The summed E-state index contributed by atoms with van der Waals surface area (Å²) in [6, 6.07) is -3.24. The lowest BCUT2D eigenvalue weighted by Gasteiger charge is -2.32. The summed E-state index contributed by atoms with van der Waals surface area (Å²) in [7, 11) is 0. The summed E-state index contributed by atoms with van der Waals surface area (Å²) in [5.41, 5.74) is 6.00. The monoisotopic (exact) mass is 454 g/mol. The van der Waals surface area contributed by atoms with Crippen LogP contribution in [0.5, 0.6) is 0 Å². The molecule has 0 saturated carbocycles. The molecule has 0 spiro atoms. The van der Waals surface area contributed by atoms with E-state index in [1.54, 1.807) is 0 Å². The zero-order chi connectivity index (χ0) is 24.6. The quantitative estimate of drug-likeness (QED) is 0.352. The Hall–Kier alpha value is -2.16. The summed E-state index contributed by atoms with van der Waals surface area (Å²) in [6.45, 7) is 11.9. The molecule has 9 heteroatoms. The van der Waals surface area contributed by atoms with Gasteiger partial charge in [0.1, 0.15) is 18.1 Å². The second-order valence-corrected chi connectivity index (χ2v) is 9.83. The number of nitrogens with two attached hydrogens (primary N) is 1.